The molecule has 2 atom stereocenters. The molecule has 2 N–H and O–H groups in total. The number of carboxylic acid groups (broad SMARTS) is 1. The maximum Gasteiger partial charge on any atom is 0.407 e. The highest BCUT2D eigenvalue weighted by molar-refractivity contribution is 5.90. The number of alkyl carbamates (subject to hydrolysis) is 1. The zero-order valence-electron chi connectivity index (χ0n) is 11.9. The summed E-state index contributed by atoms with van der Waals surface area (Å²) in [7, 11) is 1.10. The van der Waals surface area contributed by atoms with Crippen LogP contribution >= 0.6 is 0 Å². The number of nitrogens with zero attached hydrogens (tertiary/aromatic N) is 1. The lowest BCUT2D eigenvalue weighted by Crippen LogP contribution is -2.54. The number of likely N-dealkylation sites (tertiary alicyclic amines) is 1. The number of carbonyl (C=O) groups excluding carboxylic acids is 2. The van der Waals surface area contributed by atoms with Crippen molar-refractivity contribution in [3.63, 3.8) is 0 Å². The Kier molecular flexibility index (Phi) is 5.08. The molecule has 1 unspecified atom stereocenters. The van der Waals surface area contributed by atoms with E-state index in [2.05, 4.69) is 10.1 Å². The molecule has 1 aliphatic rings. The summed E-state index contributed by atoms with van der Waals surface area (Å²) in [6, 6.07) is -2.73. The molecule has 1 heterocycles. The Hall–Kier alpha value is -1.93. The van der Waals surface area contributed by atoms with Crippen molar-refractivity contribution in [1.82, 2.24) is 10.2 Å². The topological polar surface area (TPSA) is 95.9 Å². The van der Waals surface area contributed by atoms with Crippen molar-refractivity contribution < 1.29 is 33.0 Å². The third-order valence-electron chi connectivity index (χ3n) is 3.23. The van der Waals surface area contributed by atoms with E-state index in [0.29, 0.717) is 4.90 Å². The van der Waals surface area contributed by atoms with Crippen molar-refractivity contribution in [2.75, 3.05) is 13.7 Å². The third kappa shape index (κ3) is 4.02. The van der Waals surface area contributed by atoms with Gasteiger partial charge in [-0.25, -0.2) is 18.4 Å². The van der Waals surface area contributed by atoms with E-state index in [1.807, 2.05) is 0 Å². The fourth-order valence-electron chi connectivity index (χ4n) is 2.15. The quantitative estimate of drug-likeness (QED) is 0.796. The molecule has 1 saturated heterocycles. The number of rotatable bonds is 4. The zero-order chi connectivity index (χ0) is 16.4. The van der Waals surface area contributed by atoms with Crippen LogP contribution in [0.1, 0.15) is 20.3 Å². The first-order valence-corrected chi connectivity index (χ1v) is 6.34. The summed E-state index contributed by atoms with van der Waals surface area (Å²) < 4.78 is 31.2. The van der Waals surface area contributed by atoms with Gasteiger partial charge in [-0.15, -0.1) is 0 Å². The van der Waals surface area contributed by atoms with Gasteiger partial charge < -0.3 is 20.1 Å². The number of carbonyl (C=O) groups is 3. The van der Waals surface area contributed by atoms with Gasteiger partial charge in [0, 0.05) is 6.42 Å². The van der Waals surface area contributed by atoms with E-state index in [9.17, 15) is 23.2 Å². The number of hydrogen-bond acceptors (Lipinski definition) is 4. The van der Waals surface area contributed by atoms with Gasteiger partial charge in [-0.2, -0.15) is 0 Å². The molecule has 21 heavy (non-hydrogen) atoms. The number of hydrogen-bond donors (Lipinski definition) is 2. The van der Waals surface area contributed by atoms with E-state index in [4.69, 9.17) is 5.11 Å². The summed E-state index contributed by atoms with van der Waals surface area (Å²) in [6.45, 7) is 2.22. The number of halogens is 2. The molecule has 0 aromatic rings. The Morgan fingerprint density at radius 1 is 1.38 bits per heavy atom. The summed E-state index contributed by atoms with van der Waals surface area (Å²) >= 11 is 0. The lowest BCUT2D eigenvalue weighted by atomic mass is 10.0. The van der Waals surface area contributed by atoms with Crippen LogP contribution in [0.4, 0.5) is 13.6 Å². The molecule has 0 saturated carbocycles. The highest BCUT2D eigenvalue weighted by Crippen LogP contribution is 2.33. The van der Waals surface area contributed by atoms with Gasteiger partial charge in [-0.05, 0) is 5.92 Å². The molecule has 7 nitrogen and oxygen atoms in total. The molecule has 0 aliphatic carbocycles. The maximum atomic E-state index is 13.4. The SMILES string of the molecule is COC(=O)N[C@H](C(=O)N1CC(F)(F)CC1C(=O)O)C(C)C. The van der Waals surface area contributed by atoms with Gasteiger partial charge in [0.1, 0.15) is 12.1 Å². The van der Waals surface area contributed by atoms with E-state index in [1.165, 1.54) is 0 Å². The van der Waals surface area contributed by atoms with Gasteiger partial charge in [0.05, 0.1) is 13.7 Å². The Morgan fingerprint density at radius 2 is 1.95 bits per heavy atom. The van der Waals surface area contributed by atoms with Crippen LogP contribution in [0.15, 0.2) is 0 Å². The van der Waals surface area contributed by atoms with Crippen LogP contribution in [0.5, 0.6) is 0 Å². The van der Waals surface area contributed by atoms with Gasteiger partial charge in [0.2, 0.25) is 5.91 Å². The highest BCUT2D eigenvalue weighted by atomic mass is 19.3. The molecule has 1 fully saturated rings. The highest BCUT2D eigenvalue weighted by Gasteiger charge is 2.51. The summed E-state index contributed by atoms with van der Waals surface area (Å²) in [5.41, 5.74) is 0. The van der Waals surface area contributed by atoms with Gasteiger partial charge in [0.25, 0.3) is 5.92 Å². The van der Waals surface area contributed by atoms with Gasteiger partial charge in [-0.3, -0.25) is 4.79 Å². The molecule has 0 aromatic carbocycles. The van der Waals surface area contributed by atoms with Gasteiger partial charge >= 0.3 is 12.1 Å². The van der Waals surface area contributed by atoms with Crippen molar-refractivity contribution in [2.45, 2.75) is 38.3 Å². The fraction of sp³-hybridized carbons (Fsp3) is 0.750. The minimum absolute atomic E-state index is 0.416. The van der Waals surface area contributed by atoms with Crippen LogP contribution in [0, 0.1) is 5.92 Å². The van der Waals surface area contributed by atoms with Crippen LogP contribution in [-0.4, -0.2) is 59.6 Å². The predicted octanol–water partition coefficient (Wildman–Crippen LogP) is 0.688. The van der Waals surface area contributed by atoms with Crippen molar-refractivity contribution in [2.24, 2.45) is 5.92 Å². The van der Waals surface area contributed by atoms with Crippen molar-refractivity contribution >= 4 is 18.0 Å². The lowest BCUT2D eigenvalue weighted by Gasteiger charge is -2.28. The molecule has 1 rings (SSSR count). The third-order valence-corrected chi connectivity index (χ3v) is 3.23. The summed E-state index contributed by atoms with van der Waals surface area (Å²) in [6.07, 6.45) is -1.82. The number of amides is 2. The first-order valence-electron chi connectivity index (χ1n) is 6.34. The monoisotopic (exact) mass is 308 g/mol. The average Bonchev–Trinajstić information content (AvgIpc) is 2.70. The fourth-order valence-corrected chi connectivity index (χ4v) is 2.15. The summed E-state index contributed by atoms with van der Waals surface area (Å²) in [4.78, 5) is 35.2. The number of nitrogens with one attached hydrogen (secondary N) is 1. The molecule has 0 spiro atoms. The zero-order valence-corrected chi connectivity index (χ0v) is 11.9. The van der Waals surface area contributed by atoms with E-state index < -0.39 is 54.9 Å². The van der Waals surface area contributed by atoms with E-state index in [0.717, 1.165) is 7.11 Å². The molecule has 0 radical (unpaired) electrons. The maximum absolute atomic E-state index is 13.4. The summed E-state index contributed by atoms with van der Waals surface area (Å²) in [5, 5.41) is 11.2. The second-order valence-corrected chi connectivity index (χ2v) is 5.24. The van der Waals surface area contributed by atoms with Crippen molar-refractivity contribution in [3.05, 3.63) is 0 Å². The van der Waals surface area contributed by atoms with Crippen LogP contribution < -0.4 is 5.32 Å². The molecule has 120 valence electrons. The first-order chi connectivity index (χ1) is 9.59. The molecule has 2 amide bonds. The Balaban J connectivity index is 2.96. The van der Waals surface area contributed by atoms with Crippen LogP contribution in [-0.2, 0) is 14.3 Å². The number of ether oxygens (including phenoxy) is 1. The van der Waals surface area contributed by atoms with E-state index in [-0.39, 0.29) is 0 Å². The Bertz CT molecular complexity index is 441. The number of aliphatic carboxylic acids is 1. The van der Waals surface area contributed by atoms with Crippen molar-refractivity contribution in [1.29, 1.82) is 0 Å². The minimum atomic E-state index is -3.26. The summed E-state index contributed by atoms with van der Waals surface area (Å²) in [5.74, 6) is -6.03. The van der Waals surface area contributed by atoms with Crippen LogP contribution in [0.25, 0.3) is 0 Å². The number of methoxy groups -OCH3 is 1. The molecule has 1 aliphatic heterocycles. The average molecular weight is 308 g/mol. The Labute approximate surface area is 120 Å². The first kappa shape index (κ1) is 17.1. The van der Waals surface area contributed by atoms with E-state index in [1.54, 1.807) is 13.8 Å². The lowest BCUT2D eigenvalue weighted by molar-refractivity contribution is -0.149. The molecule has 0 aromatic heterocycles. The number of alkyl halides is 2. The standard InChI is InChI=1S/C12H18F2N2O5/c1-6(2)8(15-11(20)21-3)9(17)16-5-12(13,14)4-7(16)10(18)19/h6-8H,4-5H2,1-3H3,(H,15,20)(H,18,19)/t7?,8-/m0/s1. The molecule has 0 bridgehead atoms. The molecular weight excluding hydrogens is 290 g/mol. The van der Waals surface area contributed by atoms with Crippen LogP contribution in [0.3, 0.4) is 0 Å². The molecular formula is C12H18F2N2O5. The van der Waals surface area contributed by atoms with Gasteiger partial charge in [0.15, 0.2) is 0 Å². The minimum Gasteiger partial charge on any atom is -0.480 e. The number of carboxylic acids is 1. The van der Waals surface area contributed by atoms with Gasteiger partial charge in [-0.1, -0.05) is 13.8 Å². The Morgan fingerprint density at radius 3 is 2.38 bits per heavy atom. The van der Waals surface area contributed by atoms with Crippen LogP contribution in [0.2, 0.25) is 0 Å². The second-order valence-electron chi connectivity index (χ2n) is 5.24. The smallest absolute Gasteiger partial charge is 0.407 e. The van der Waals surface area contributed by atoms with Crippen molar-refractivity contribution in [3.8, 4) is 0 Å². The predicted molar refractivity (Wildman–Crippen MR) is 66.9 cm³/mol. The van der Waals surface area contributed by atoms with E-state index >= 15 is 0 Å². The largest absolute Gasteiger partial charge is 0.480 e. The molecule has 9 heteroatoms. The normalized spacial score (nSPS) is 22.0. The second kappa shape index (κ2) is 6.23.